The van der Waals surface area contributed by atoms with Crippen LogP contribution in [0.25, 0.3) is 0 Å². The van der Waals surface area contributed by atoms with E-state index in [-0.39, 0.29) is 23.9 Å². The molecular weight excluding hydrogens is 270 g/mol. The van der Waals surface area contributed by atoms with Gasteiger partial charge >= 0.3 is 0 Å². The van der Waals surface area contributed by atoms with Crippen LogP contribution in [0.5, 0.6) is 0 Å². The second kappa shape index (κ2) is 5.14. The number of hydrogen-bond acceptors (Lipinski definition) is 4. The summed E-state index contributed by atoms with van der Waals surface area (Å²) < 4.78 is 25.8. The Kier molecular flexibility index (Phi) is 3.72. The molecule has 0 bridgehead atoms. The predicted octanol–water partition coefficient (Wildman–Crippen LogP) is -0.739. The SMILES string of the molecule is NC(=O)C1CCN(S(=O)(=O)c2c[nH]ccc2=O)CC1. The van der Waals surface area contributed by atoms with Crippen LogP contribution in [-0.2, 0) is 14.8 Å². The highest BCUT2D eigenvalue weighted by atomic mass is 32.2. The lowest BCUT2D eigenvalue weighted by Gasteiger charge is -2.29. The monoisotopic (exact) mass is 285 g/mol. The third-order valence-corrected chi connectivity index (χ3v) is 5.18. The number of aromatic nitrogens is 1. The van der Waals surface area contributed by atoms with Crippen molar-refractivity contribution in [2.45, 2.75) is 17.7 Å². The summed E-state index contributed by atoms with van der Waals surface area (Å²) >= 11 is 0. The molecule has 1 aliphatic rings. The minimum absolute atomic E-state index is 0.199. The van der Waals surface area contributed by atoms with Crippen LogP contribution in [0.15, 0.2) is 28.2 Å². The third-order valence-electron chi connectivity index (χ3n) is 3.26. The molecule has 104 valence electrons. The van der Waals surface area contributed by atoms with E-state index in [0.717, 1.165) is 0 Å². The van der Waals surface area contributed by atoms with Gasteiger partial charge in [0.1, 0.15) is 4.90 Å². The lowest BCUT2D eigenvalue weighted by atomic mass is 9.98. The maximum absolute atomic E-state index is 12.3. The van der Waals surface area contributed by atoms with E-state index >= 15 is 0 Å². The quantitative estimate of drug-likeness (QED) is 0.761. The number of nitrogens with two attached hydrogens (primary N) is 1. The van der Waals surface area contributed by atoms with E-state index < -0.39 is 21.4 Å². The molecule has 1 saturated heterocycles. The first-order valence-electron chi connectivity index (χ1n) is 5.89. The maximum Gasteiger partial charge on any atom is 0.248 e. The molecule has 0 aliphatic carbocycles. The van der Waals surface area contributed by atoms with Crippen LogP contribution in [0.3, 0.4) is 0 Å². The number of pyridine rings is 1. The van der Waals surface area contributed by atoms with Gasteiger partial charge < -0.3 is 10.7 Å². The fraction of sp³-hybridized carbons (Fsp3) is 0.455. The van der Waals surface area contributed by atoms with Gasteiger partial charge in [-0.1, -0.05) is 0 Å². The summed E-state index contributed by atoms with van der Waals surface area (Å²) in [6.07, 6.45) is 3.33. The molecule has 0 spiro atoms. The van der Waals surface area contributed by atoms with Crippen LogP contribution in [0, 0.1) is 5.92 Å². The van der Waals surface area contributed by atoms with Gasteiger partial charge in [-0.25, -0.2) is 8.42 Å². The number of sulfonamides is 1. The van der Waals surface area contributed by atoms with Crippen molar-refractivity contribution in [3.63, 3.8) is 0 Å². The second-order valence-corrected chi connectivity index (χ2v) is 6.36. The Morgan fingerprint density at radius 2 is 2.00 bits per heavy atom. The van der Waals surface area contributed by atoms with Gasteiger partial charge in [0, 0.05) is 37.5 Å². The van der Waals surface area contributed by atoms with Gasteiger partial charge in [-0.3, -0.25) is 9.59 Å². The number of piperidine rings is 1. The number of aromatic amines is 1. The van der Waals surface area contributed by atoms with Gasteiger partial charge in [0.05, 0.1) is 0 Å². The zero-order valence-electron chi connectivity index (χ0n) is 10.2. The summed E-state index contributed by atoms with van der Waals surface area (Å²) in [5.74, 6) is -0.699. The zero-order valence-corrected chi connectivity index (χ0v) is 11.0. The van der Waals surface area contributed by atoms with E-state index in [4.69, 9.17) is 5.73 Å². The zero-order chi connectivity index (χ0) is 14.0. The normalized spacial score (nSPS) is 18.3. The smallest absolute Gasteiger partial charge is 0.248 e. The average molecular weight is 285 g/mol. The molecule has 1 fully saturated rings. The summed E-state index contributed by atoms with van der Waals surface area (Å²) in [6, 6.07) is 1.17. The number of rotatable bonds is 3. The molecule has 0 atom stereocenters. The van der Waals surface area contributed by atoms with Crippen molar-refractivity contribution in [1.29, 1.82) is 0 Å². The van der Waals surface area contributed by atoms with Crippen molar-refractivity contribution in [3.05, 3.63) is 28.7 Å². The van der Waals surface area contributed by atoms with Crippen LogP contribution in [-0.4, -0.2) is 36.7 Å². The highest BCUT2D eigenvalue weighted by molar-refractivity contribution is 7.89. The Morgan fingerprint density at radius 3 is 2.53 bits per heavy atom. The Labute approximate surface area is 110 Å². The van der Waals surface area contributed by atoms with Crippen LogP contribution in [0.1, 0.15) is 12.8 Å². The van der Waals surface area contributed by atoms with Gasteiger partial charge in [0.2, 0.25) is 21.4 Å². The van der Waals surface area contributed by atoms with Crippen molar-refractivity contribution in [1.82, 2.24) is 9.29 Å². The highest BCUT2D eigenvalue weighted by Gasteiger charge is 2.32. The highest BCUT2D eigenvalue weighted by Crippen LogP contribution is 2.21. The Morgan fingerprint density at radius 1 is 1.37 bits per heavy atom. The third kappa shape index (κ3) is 2.69. The van der Waals surface area contributed by atoms with Crippen LogP contribution >= 0.6 is 0 Å². The lowest BCUT2D eigenvalue weighted by Crippen LogP contribution is -2.42. The maximum atomic E-state index is 12.3. The molecular formula is C11H15N3O4S. The summed E-state index contributed by atoms with van der Waals surface area (Å²) in [7, 11) is -3.80. The van der Waals surface area contributed by atoms with E-state index in [1.807, 2.05) is 0 Å². The van der Waals surface area contributed by atoms with Crippen molar-refractivity contribution in [3.8, 4) is 0 Å². The number of carbonyl (C=O) groups excluding carboxylic acids is 1. The number of amides is 1. The van der Waals surface area contributed by atoms with E-state index in [2.05, 4.69) is 4.98 Å². The molecule has 8 heteroatoms. The number of nitrogens with one attached hydrogen (secondary N) is 1. The molecule has 0 aromatic carbocycles. The van der Waals surface area contributed by atoms with Crippen LogP contribution in [0.2, 0.25) is 0 Å². The first-order chi connectivity index (χ1) is 8.93. The molecule has 2 heterocycles. The van der Waals surface area contributed by atoms with Crippen LogP contribution in [0.4, 0.5) is 0 Å². The minimum Gasteiger partial charge on any atom is -0.369 e. The molecule has 1 aromatic heterocycles. The second-order valence-electron chi connectivity index (χ2n) is 4.45. The van der Waals surface area contributed by atoms with E-state index in [1.54, 1.807) is 0 Å². The molecule has 0 radical (unpaired) electrons. The lowest BCUT2D eigenvalue weighted by molar-refractivity contribution is -0.122. The Hall–Kier alpha value is -1.67. The summed E-state index contributed by atoms with van der Waals surface area (Å²) in [5, 5.41) is 0. The molecule has 19 heavy (non-hydrogen) atoms. The van der Waals surface area contributed by atoms with E-state index in [1.165, 1.54) is 22.8 Å². The average Bonchev–Trinajstić information content (AvgIpc) is 2.39. The minimum atomic E-state index is -3.80. The van der Waals surface area contributed by atoms with Gasteiger partial charge in [-0.05, 0) is 12.8 Å². The number of H-pyrrole nitrogens is 1. The van der Waals surface area contributed by atoms with Gasteiger partial charge in [0.25, 0.3) is 0 Å². The molecule has 3 N–H and O–H groups in total. The summed E-state index contributed by atoms with van der Waals surface area (Å²) in [5.41, 5.74) is 4.65. The fourth-order valence-electron chi connectivity index (χ4n) is 2.12. The Bertz CT molecular complexity index is 629. The molecule has 0 saturated carbocycles. The molecule has 1 aliphatic heterocycles. The fourth-order valence-corrected chi connectivity index (χ4v) is 3.63. The van der Waals surface area contributed by atoms with E-state index in [9.17, 15) is 18.0 Å². The largest absolute Gasteiger partial charge is 0.369 e. The summed E-state index contributed by atoms with van der Waals surface area (Å²) in [6.45, 7) is 0.397. The molecule has 1 amide bonds. The number of carbonyl (C=O) groups is 1. The predicted molar refractivity (Wildman–Crippen MR) is 67.7 cm³/mol. The molecule has 1 aromatic rings. The van der Waals surface area contributed by atoms with Crippen molar-refractivity contribution < 1.29 is 13.2 Å². The summed E-state index contributed by atoms with van der Waals surface area (Å²) in [4.78, 5) is 24.9. The number of primary amides is 1. The first kappa shape index (κ1) is 13.8. The molecule has 7 nitrogen and oxygen atoms in total. The Balaban J connectivity index is 2.22. The standard InChI is InChI=1S/C11H15N3O4S/c12-11(16)8-2-5-14(6-3-8)19(17,18)10-7-13-4-1-9(10)15/h1,4,7-8H,2-3,5-6H2,(H2,12,16)(H,13,15). The molecule has 0 unspecified atom stereocenters. The number of hydrogen-bond donors (Lipinski definition) is 2. The topological polar surface area (TPSA) is 113 Å². The molecule has 2 rings (SSSR count). The van der Waals surface area contributed by atoms with Gasteiger partial charge in [-0.15, -0.1) is 0 Å². The van der Waals surface area contributed by atoms with E-state index in [0.29, 0.717) is 12.8 Å². The number of nitrogens with zero attached hydrogens (tertiary/aromatic N) is 1. The van der Waals surface area contributed by atoms with Gasteiger partial charge in [-0.2, -0.15) is 4.31 Å². The first-order valence-corrected chi connectivity index (χ1v) is 7.33. The van der Waals surface area contributed by atoms with Crippen molar-refractivity contribution in [2.75, 3.05) is 13.1 Å². The van der Waals surface area contributed by atoms with Gasteiger partial charge in [0.15, 0.2) is 0 Å². The van der Waals surface area contributed by atoms with Crippen molar-refractivity contribution in [2.24, 2.45) is 11.7 Å². The van der Waals surface area contributed by atoms with Crippen molar-refractivity contribution >= 4 is 15.9 Å². The van der Waals surface area contributed by atoms with Crippen LogP contribution < -0.4 is 11.2 Å².